The summed E-state index contributed by atoms with van der Waals surface area (Å²) in [6, 6.07) is 0. The van der Waals surface area contributed by atoms with Crippen LogP contribution >= 0.6 is 0 Å². The number of ether oxygens (including phenoxy) is 8. The van der Waals surface area contributed by atoms with Crippen molar-refractivity contribution < 1.29 is 98.9 Å². The third-order valence-electron chi connectivity index (χ3n) is 20.7. The molecule has 0 radical (unpaired) electrons. The molecule has 412 valence electrons. The van der Waals surface area contributed by atoms with Crippen LogP contribution in [0.1, 0.15) is 120 Å². The summed E-state index contributed by atoms with van der Waals surface area (Å²) in [6.45, 7) is 16.4. The lowest BCUT2D eigenvalue weighted by molar-refractivity contribution is -0.382. The molecule has 0 aromatic carbocycles. The molecule has 72 heavy (non-hydrogen) atoms. The molecule has 26 atom stereocenters. The molecule has 5 aliphatic carbocycles. The summed E-state index contributed by atoms with van der Waals surface area (Å²) in [5.41, 5.74) is 0.0683. The fourth-order valence-corrected chi connectivity index (χ4v) is 16.0. The van der Waals surface area contributed by atoms with E-state index in [0.717, 1.165) is 44.9 Å². The molecule has 11 N–H and O–H groups in total. The number of hydrogen-bond donors (Lipinski definition) is 11. The van der Waals surface area contributed by atoms with Gasteiger partial charge in [0, 0.05) is 0 Å². The van der Waals surface area contributed by atoms with Crippen molar-refractivity contribution in [2.45, 2.75) is 236 Å². The zero-order valence-corrected chi connectivity index (χ0v) is 43.1. The predicted octanol–water partition coefficient (Wildman–Crippen LogP) is 0.836. The molecule has 0 unspecified atom stereocenters. The van der Waals surface area contributed by atoms with E-state index in [1.165, 1.54) is 12.5 Å². The van der Waals surface area contributed by atoms with Crippen molar-refractivity contribution in [3.8, 4) is 0 Å². The molecule has 9 rings (SSSR count). The van der Waals surface area contributed by atoms with Crippen molar-refractivity contribution in [3.63, 3.8) is 0 Å². The van der Waals surface area contributed by atoms with Crippen molar-refractivity contribution in [3.05, 3.63) is 11.6 Å². The molecule has 0 bridgehead atoms. The van der Waals surface area contributed by atoms with Gasteiger partial charge in [-0.15, -0.1) is 0 Å². The summed E-state index contributed by atoms with van der Waals surface area (Å²) >= 11 is 0. The van der Waals surface area contributed by atoms with E-state index in [1.54, 1.807) is 0 Å². The van der Waals surface area contributed by atoms with Gasteiger partial charge < -0.3 is 94.1 Å². The van der Waals surface area contributed by atoms with E-state index in [1.807, 2.05) is 0 Å². The summed E-state index contributed by atoms with van der Waals surface area (Å²) in [7, 11) is 0. The van der Waals surface area contributed by atoms with Gasteiger partial charge in [0.25, 0.3) is 0 Å². The van der Waals surface area contributed by atoms with Gasteiger partial charge in [0.15, 0.2) is 25.2 Å². The van der Waals surface area contributed by atoms with E-state index in [2.05, 4.69) is 54.5 Å². The maximum absolute atomic E-state index is 13.2. The van der Waals surface area contributed by atoms with Crippen LogP contribution in [0.3, 0.4) is 0 Å². The van der Waals surface area contributed by atoms with E-state index in [9.17, 15) is 61.0 Å². The Kier molecular flexibility index (Phi) is 15.2. The Bertz CT molecular complexity index is 1990. The van der Waals surface area contributed by atoms with Crippen LogP contribution in [0.15, 0.2) is 11.6 Å². The molecule has 0 spiro atoms. The van der Waals surface area contributed by atoms with Gasteiger partial charge in [0.05, 0.1) is 37.4 Å². The van der Waals surface area contributed by atoms with Crippen LogP contribution in [0.4, 0.5) is 0 Å². The van der Waals surface area contributed by atoms with Gasteiger partial charge in [0.1, 0.15) is 79.4 Å². The Morgan fingerprint density at radius 1 is 0.639 bits per heavy atom. The number of hydrogen-bond acceptors (Lipinski definition) is 19. The lowest BCUT2D eigenvalue weighted by Crippen LogP contribution is -2.66. The second-order valence-electron chi connectivity index (χ2n) is 25.4. The van der Waals surface area contributed by atoms with Gasteiger partial charge in [-0.1, -0.05) is 60.1 Å². The quantitative estimate of drug-likeness (QED) is 0.107. The van der Waals surface area contributed by atoms with Crippen LogP contribution in [0.5, 0.6) is 0 Å². The number of carbonyl (C=O) groups is 1. The van der Waals surface area contributed by atoms with Crippen LogP contribution in [0.25, 0.3) is 0 Å². The maximum atomic E-state index is 13.2. The smallest absolute Gasteiger partial charge is 0.310 e. The molecule has 0 aromatic rings. The third-order valence-corrected chi connectivity index (χ3v) is 20.7. The SMILES string of the molecule is C[C@@H]1O[C@@H](O[C@H]2[C@H](O[C@H]3CC[C@]4(C)[C@H]5CC=C6[C@@H]7CC(C)(C)CC[C@]7(C(=O)O)CC[C@@]6(C)[C@]5(C)CC[C@H]4C3(C)C)OC[C@H](O)[C@@H]2O)[C@H](O)[C@H](O[C@H]2OC[C@@H](O[C@@H]3O[C@H](CO)[C@@H](O)[C@H](O)[C@H]3O)[C@H](O)[C@H]2O)[C@H]1O. The minimum atomic E-state index is -1.86. The number of aliphatic carboxylic acids is 1. The number of aliphatic hydroxyl groups excluding tert-OH is 10. The topological polar surface area (TPSA) is 313 Å². The van der Waals surface area contributed by atoms with Crippen molar-refractivity contribution in [1.29, 1.82) is 0 Å². The van der Waals surface area contributed by atoms with Gasteiger partial charge in [0.2, 0.25) is 0 Å². The van der Waals surface area contributed by atoms with Crippen molar-refractivity contribution >= 4 is 5.97 Å². The van der Waals surface area contributed by atoms with Crippen molar-refractivity contribution in [2.24, 2.45) is 50.2 Å². The largest absolute Gasteiger partial charge is 0.481 e. The van der Waals surface area contributed by atoms with Crippen LogP contribution in [0, 0.1) is 50.2 Å². The first kappa shape index (κ1) is 55.3. The minimum absolute atomic E-state index is 0.0208. The average molecular weight is 1030 g/mol. The Balaban J connectivity index is 0.874. The molecule has 0 amide bonds. The van der Waals surface area contributed by atoms with E-state index >= 15 is 0 Å². The monoisotopic (exact) mass is 1030 g/mol. The minimum Gasteiger partial charge on any atom is -0.481 e. The first-order chi connectivity index (χ1) is 33.7. The van der Waals surface area contributed by atoms with E-state index in [0.29, 0.717) is 25.2 Å². The third kappa shape index (κ3) is 8.87. The molecular formula is C52H84O20. The standard InChI is InChI=1S/C52H84O20/c1-23-32(55)40(71-42-37(60)35(58)28(22-66-42)69-43-38(61)36(59)34(57)27(20-53)68-43)39(62)44(67-23)72-41-33(56)26(54)21-65-45(41)70-31-12-13-49(6)29(48(31,4)5)11-14-51(8)30(49)10-9-24-25-19-47(2,3)15-17-52(25,46(63)64)18-16-50(24,51)7/h9,23,25-45,53-62H,10-22H2,1-8H3,(H,63,64)/t23-,25-,26-,27+,28+,29-,30+,31-,32-,33-,34+,35-,36-,37+,38+,39+,40+,41+,42+,43-,44-,45-,49-,50+,51+,52-/m0/s1. The second kappa shape index (κ2) is 19.7. The fourth-order valence-electron chi connectivity index (χ4n) is 16.0. The molecule has 9 aliphatic rings. The number of aliphatic hydroxyl groups is 10. The van der Waals surface area contributed by atoms with Crippen LogP contribution in [0.2, 0.25) is 0 Å². The number of carboxylic acid groups (broad SMARTS) is 1. The number of allylic oxidation sites excluding steroid dienone is 2. The Labute approximate surface area is 421 Å². The van der Waals surface area contributed by atoms with Crippen LogP contribution in [-0.4, -0.2) is 199 Å². The molecule has 0 aromatic heterocycles. The molecule has 8 fully saturated rings. The van der Waals surface area contributed by atoms with E-state index < -0.39 is 141 Å². The normalized spacial score (nSPS) is 54.3. The van der Waals surface area contributed by atoms with E-state index in [4.69, 9.17) is 37.9 Å². The van der Waals surface area contributed by atoms with Gasteiger partial charge in [-0.25, -0.2) is 0 Å². The number of fused-ring (bicyclic) bond motifs is 7. The lowest BCUT2D eigenvalue weighted by atomic mass is 9.33. The maximum Gasteiger partial charge on any atom is 0.310 e. The molecule has 4 saturated heterocycles. The first-order valence-corrected chi connectivity index (χ1v) is 26.5. The zero-order chi connectivity index (χ0) is 52.4. The summed E-state index contributed by atoms with van der Waals surface area (Å²) in [5.74, 6) is -0.0524. The highest BCUT2D eigenvalue weighted by Gasteiger charge is 2.70. The Hall–Kier alpha value is -1.51. The summed E-state index contributed by atoms with van der Waals surface area (Å²) in [6.07, 6.45) is -17.4. The molecule has 4 aliphatic heterocycles. The molecule has 4 saturated carbocycles. The summed E-state index contributed by atoms with van der Waals surface area (Å²) in [5, 5.41) is 119. The molecule has 20 nitrogen and oxygen atoms in total. The highest BCUT2D eigenvalue weighted by atomic mass is 16.8. The number of rotatable bonds is 10. The molecule has 20 heteroatoms. The van der Waals surface area contributed by atoms with Gasteiger partial charge in [-0.05, 0) is 116 Å². The molecule has 4 heterocycles. The molecular weight excluding hydrogens is 945 g/mol. The second-order valence-corrected chi connectivity index (χ2v) is 25.4. The number of carboxylic acids is 1. The summed E-state index contributed by atoms with van der Waals surface area (Å²) in [4.78, 5) is 13.2. The van der Waals surface area contributed by atoms with Crippen molar-refractivity contribution in [2.75, 3.05) is 19.8 Å². The Morgan fingerprint density at radius 2 is 1.29 bits per heavy atom. The Morgan fingerprint density at radius 3 is 1.99 bits per heavy atom. The van der Waals surface area contributed by atoms with Crippen molar-refractivity contribution in [1.82, 2.24) is 0 Å². The first-order valence-electron chi connectivity index (χ1n) is 26.5. The average Bonchev–Trinajstić information content (AvgIpc) is 3.32. The van der Waals surface area contributed by atoms with Gasteiger partial charge in [-0.3, -0.25) is 4.79 Å². The van der Waals surface area contributed by atoms with Crippen LogP contribution < -0.4 is 0 Å². The van der Waals surface area contributed by atoms with Gasteiger partial charge in [-0.2, -0.15) is 0 Å². The zero-order valence-electron chi connectivity index (χ0n) is 43.1. The fraction of sp³-hybridized carbons (Fsp3) is 0.942. The lowest BCUT2D eigenvalue weighted by Gasteiger charge is -2.71. The van der Waals surface area contributed by atoms with Crippen LogP contribution in [-0.2, 0) is 42.7 Å². The predicted molar refractivity (Wildman–Crippen MR) is 250 cm³/mol. The van der Waals surface area contributed by atoms with Gasteiger partial charge >= 0.3 is 5.97 Å². The van der Waals surface area contributed by atoms with E-state index in [-0.39, 0.29) is 46.2 Å². The summed E-state index contributed by atoms with van der Waals surface area (Å²) < 4.78 is 47.8. The highest BCUT2D eigenvalue weighted by molar-refractivity contribution is 5.76. The highest BCUT2D eigenvalue weighted by Crippen LogP contribution is 2.76.